The number of nitrogens with one attached hydrogen (secondary N) is 1. The van der Waals surface area contributed by atoms with Crippen LogP contribution in [0.4, 0.5) is 0 Å². The van der Waals surface area contributed by atoms with Crippen molar-refractivity contribution in [2.75, 3.05) is 26.2 Å². The molecule has 1 aliphatic heterocycles. The summed E-state index contributed by atoms with van der Waals surface area (Å²) in [7, 11) is 0. The fraction of sp³-hybridized carbons (Fsp3) is 1.00. The molecule has 2 heteroatoms. The Hall–Kier alpha value is -0.0800. The first-order valence-corrected chi connectivity index (χ1v) is 8.90. The van der Waals surface area contributed by atoms with Crippen molar-refractivity contribution in [3.05, 3.63) is 0 Å². The van der Waals surface area contributed by atoms with E-state index in [1.54, 1.807) is 0 Å². The lowest BCUT2D eigenvalue weighted by Gasteiger charge is -2.46. The van der Waals surface area contributed by atoms with Crippen LogP contribution in [0.3, 0.4) is 0 Å². The third kappa shape index (κ3) is 3.52. The van der Waals surface area contributed by atoms with E-state index in [4.69, 9.17) is 0 Å². The average molecular weight is 264 g/mol. The summed E-state index contributed by atoms with van der Waals surface area (Å²) >= 11 is 0. The van der Waals surface area contributed by atoms with Crippen LogP contribution in [0.1, 0.15) is 64.2 Å². The third-order valence-electron chi connectivity index (χ3n) is 5.84. The van der Waals surface area contributed by atoms with Crippen molar-refractivity contribution in [2.45, 2.75) is 70.3 Å². The monoisotopic (exact) mass is 264 g/mol. The van der Waals surface area contributed by atoms with Gasteiger partial charge in [0.2, 0.25) is 0 Å². The van der Waals surface area contributed by atoms with Crippen molar-refractivity contribution in [1.82, 2.24) is 10.2 Å². The molecule has 110 valence electrons. The van der Waals surface area contributed by atoms with Crippen LogP contribution < -0.4 is 5.32 Å². The first kappa shape index (κ1) is 13.9. The van der Waals surface area contributed by atoms with E-state index in [9.17, 15) is 0 Å². The van der Waals surface area contributed by atoms with Gasteiger partial charge in [-0.05, 0) is 37.5 Å². The van der Waals surface area contributed by atoms with Gasteiger partial charge in [0.25, 0.3) is 0 Å². The normalized spacial score (nSPS) is 28.9. The second kappa shape index (κ2) is 7.08. The molecule has 0 unspecified atom stereocenters. The molecule has 0 amide bonds. The van der Waals surface area contributed by atoms with Crippen molar-refractivity contribution in [3.63, 3.8) is 0 Å². The summed E-state index contributed by atoms with van der Waals surface area (Å²) < 4.78 is 0. The molecule has 3 aliphatic rings. The second-order valence-electron chi connectivity index (χ2n) is 7.07. The number of hydrogen-bond acceptors (Lipinski definition) is 2. The van der Waals surface area contributed by atoms with Gasteiger partial charge in [0, 0.05) is 32.2 Å². The lowest BCUT2D eigenvalue weighted by Crippen LogP contribution is -2.54. The molecular weight excluding hydrogens is 232 g/mol. The smallest absolute Gasteiger partial charge is 0.0153 e. The summed E-state index contributed by atoms with van der Waals surface area (Å²) in [5.74, 6) is 2.05. The summed E-state index contributed by atoms with van der Waals surface area (Å²) in [5.41, 5.74) is 0. The fourth-order valence-electron chi connectivity index (χ4n) is 4.91. The molecule has 19 heavy (non-hydrogen) atoms. The Morgan fingerprint density at radius 2 is 1.16 bits per heavy atom. The number of rotatable bonds is 3. The first-order chi connectivity index (χ1) is 9.45. The minimum absolute atomic E-state index is 0.933. The average Bonchev–Trinajstić information content (AvgIpc) is 2.51. The highest BCUT2D eigenvalue weighted by molar-refractivity contribution is 4.90. The number of hydrogen-bond donors (Lipinski definition) is 1. The summed E-state index contributed by atoms with van der Waals surface area (Å²) in [4.78, 5) is 2.88. The van der Waals surface area contributed by atoms with Crippen molar-refractivity contribution in [1.29, 1.82) is 0 Å². The van der Waals surface area contributed by atoms with E-state index in [1.165, 1.54) is 90.4 Å². The van der Waals surface area contributed by atoms with Crippen molar-refractivity contribution < 1.29 is 0 Å². The highest BCUT2D eigenvalue weighted by Gasteiger charge is 2.35. The lowest BCUT2D eigenvalue weighted by molar-refractivity contribution is 0.0451. The summed E-state index contributed by atoms with van der Waals surface area (Å²) in [6.07, 6.45) is 15.1. The molecule has 0 aromatic rings. The van der Waals surface area contributed by atoms with E-state index in [1.807, 2.05) is 0 Å². The van der Waals surface area contributed by atoms with Crippen LogP contribution in [0.15, 0.2) is 0 Å². The molecule has 0 radical (unpaired) electrons. The zero-order valence-electron chi connectivity index (χ0n) is 12.6. The lowest BCUT2D eigenvalue weighted by atomic mass is 9.73. The molecule has 2 saturated carbocycles. The Morgan fingerprint density at radius 3 is 1.63 bits per heavy atom. The van der Waals surface area contributed by atoms with Gasteiger partial charge in [0.1, 0.15) is 0 Å². The predicted molar refractivity (Wildman–Crippen MR) is 81.4 cm³/mol. The summed E-state index contributed by atoms with van der Waals surface area (Å²) in [6.45, 7) is 5.04. The molecule has 2 aliphatic carbocycles. The van der Waals surface area contributed by atoms with Gasteiger partial charge in [0.05, 0.1) is 0 Å². The number of nitrogens with zero attached hydrogens (tertiary/aromatic N) is 1. The maximum Gasteiger partial charge on any atom is 0.0153 e. The van der Waals surface area contributed by atoms with Crippen LogP contribution in [0.5, 0.6) is 0 Å². The van der Waals surface area contributed by atoms with E-state index < -0.39 is 0 Å². The Kier molecular flexibility index (Phi) is 5.17. The Morgan fingerprint density at radius 1 is 0.684 bits per heavy atom. The Bertz CT molecular complexity index is 205. The molecule has 2 nitrogen and oxygen atoms in total. The standard InChI is InChI=1S/C17H32N2/c1-3-7-15(8-4-1)17(16-9-5-2-6-10-16)19-13-11-18-12-14-19/h15-18H,1-14H2. The molecule has 0 atom stereocenters. The molecule has 0 aromatic heterocycles. The van der Waals surface area contributed by atoms with E-state index in [-0.39, 0.29) is 0 Å². The van der Waals surface area contributed by atoms with Crippen LogP contribution in [0, 0.1) is 11.8 Å². The fourth-order valence-corrected chi connectivity index (χ4v) is 4.91. The molecule has 1 N–H and O–H groups in total. The van der Waals surface area contributed by atoms with Crippen molar-refractivity contribution in [3.8, 4) is 0 Å². The summed E-state index contributed by atoms with van der Waals surface area (Å²) in [5, 5.41) is 3.53. The van der Waals surface area contributed by atoms with Crippen LogP contribution >= 0.6 is 0 Å². The Balaban J connectivity index is 1.68. The van der Waals surface area contributed by atoms with Crippen LogP contribution in [-0.4, -0.2) is 37.1 Å². The van der Waals surface area contributed by atoms with Gasteiger partial charge in [-0.3, -0.25) is 4.90 Å². The third-order valence-corrected chi connectivity index (χ3v) is 5.84. The zero-order valence-corrected chi connectivity index (χ0v) is 12.6. The molecule has 3 fully saturated rings. The van der Waals surface area contributed by atoms with Crippen LogP contribution in [0.25, 0.3) is 0 Å². The van der Waals surface area contributed by atoms with E-state index in [0.29, 0.717) is 0 Å². The molecule has 1 saturated heterocycles. The highest BCUT2D eigenvalue weighted by atomic mass is 15.2. The predicted octanol–water partition coefficient (Wildman–Crippen LogP) is 3.42. The van der Waals surface area contributed by atoms with Crippen LogP contribution in [0.2, 0.25) is 0 Å². The zero-order chi connectivity index (χ0) is 12.9. The molecule has 0 spiro atoms. The van der Waals surface area contributed by atoms with Gasteiger partial charge in [-0.2, -0.15) is 0 Å². The van der Waals surface area contributed by atoms with Crippen molar-refractivity contribution >= 4 is 0 Å². The van der Waals surface area contributed by atoms with Gasteiger partial charge in [-0.1, -0.05) is 38.5 Å². The first-order valence-electron chi connectivity index (χ1n) is 8.90. The molecule has 0 aromatic carbocycles. The van der Waals surface area contributed by atoms with Gasteiger partial charge in [0.15, 0.2) is 0 Å². The maximum absolute atomic E-state index is 3.53. The minimum Gasteiger partial charge on any atom is -0.314 e. The highest BCUT2D eigenvalue weighted by Crippen LogP contribution is 2.38. The molecule has 1 heterocycles. The van der Waals surface area contributed by atoms with E-state index in [2.05, 4.69) is 10.2 Å². The molecule has 3 rings (SSSR count). The van der Waals surface area contributed by atoms with E-state index in [0.717, 1.165) is 17.9 Å². The molecular formula is C17H32N2. The van der Waals surface area contributed by atoms with Gasteiger partial charge >= 0.3 is 0 Å². The van der Waals surface area contributed by atoms with Gasteiger partial charge in [-0.15, -0.1) is 0 Å². The van der Waals surface area contributed by atoms with Crippen molar-refractivity contribution in [2.24, 2.45) is 11.8 Å². The maximum atomic E-state index is 3.53. The van der Waals surface area contributed by atoms with Gasteiger partial charge in [-0.25, -0.2) is 0 Å². The summed E-state index contributed by atoms with van der Waals surface area (Å²) in [6, 6.07) is 0.933. The quantitative estimate of drug-likeness (QED) is 0.840. The van der Waals surface area contributed by atoms with E-state index >= 15 is 0 Å². The molecule has 0 bridgehead atoms. The topological polar surface area (TPSA) is 15.3 Å². The second-order valence-corrected chi connectivity index (χ2v) is 7.07. The SMILES string of the molecule is C1CCC(C(C2CCCCC2)N2CCNCC2)CC1. The number of piperazine rings is 1. The van der Waals surface area contributed by atoms with Crippen LogP contribution in [-0.2, 0) is 0 Å². The largest absolute Gasteiger partial charge is 0.314 e. The minimum atomic E-state index is 0.933. The Labute approximate surface area is 119 Å². The van der Waals surface area contributed by atoms with Gasteiger partial charge < -0.3 is 5.32 Å².